The van der Waals surface area contributed by atoms with Gasteiger partial charge in [0.05, 0.1) is 16.7 Å². The average Bonchev–Trinajstić information content (AvgIpc) is 3.22. The molecule has 0 aliphatic heterocycles. The third-order valence-corrected chi connectivity index (χ3v) is 4.57. The van der Waals surface area contributed by atoms with Crippen LogP contribution in [-0.2, 0) is 13.1 Å². The Bertz CT molecular complexity index is 883. The van der Waals surface area contributed by atoms with Crippen LogP contribution in [0.25, 0.3) is 11.3 Å². The van der Waals surface area contributed by atoms with Gasteiger partial charge in [0, 0.05) is 31.4 Å². The van der Waals surface area contributed by atoms with Gasteiger partial charge >= 0.3 is 0 Å². The molecule has 0 saturated heterocycles. The van der Waals surface area contributed by atoms with E-state index in [2.05, 4.69) is 26.2 Å². The van der Waals surface area contributed by atoms with E-state index < -0.39 is 0 Å². The molecule has 0 aliphatic rings. The summed E-state index contributed by atoms with van der Waals surface area (Å²) in [4.78, 5) is 14.2. The normalized spacial score (nSPS) is 10.9. The van der Waals surface area contributed by atoms with Gasteiger partial charge in [-0.1, -0.05) is 35.0 Å². The number of hydrogen-bond acceptors (Lipinski definition) is 4. The molecule has 0 fully saturated rings. The molecule has 0 radical (unpaired) electrons. The Hall–Kier alpha value is -2.41. The zero-order valence-corrected chi connectivity index (χ0v) is 15.9. The molecule has 2 heterocycles. The first-order valence-corrected chi connectivity index (χ1v) is 8.78. The summed E-state index contributed by atoms with van der Waals surface area (Å²) in [5.41, 5.74) is 3.14. The molecule has 0 saturated carbocycles. The van der Waals surface area contributed by atoms with E-state index in [4.69, 9.17) is 4.52 Å². The van der Waals surface area contributed by atoms with Crippen molar-refractivity contribution in [2.24, 2.45) is 0 Å². The third-order valence-electron chi connectivity index (χ3n) is 3.91. The largest absolute Gasteiger partial charge is 0.355 e. The maximum absolute atomic E-state index is 12.6. The van der Waals surface area contributed by atoms with Gasteiger partial charge in [-0.2, -0.15) is 5.10 Å². The molecule has 0 aliphatic carbocycles. The number of nitrogens with zero attached hydrogens (tertiary/aromatic N) is 4. The maximum Gasteiger partial charge on any atom is 0.276 e. The molecule has 0 bridgehead atoms. The number of halogens is 1. The Morgan fingerprint density at radius 2 is 2.04 bits per heavy atom. The van der Waals surface area contributed by atoms with Gasteiger partial charge in [-0.3, -0.25) is 9.48 Å². The molecule has 0 N–H and O–H groups in total. The highest BCUT2D eigenvalue weighted by Gasteiger charge is 2.19. The molecule has 1 aromatic carbocycles. The second-order valence-corrected chi connectivity index (χ2v) is 6.74. The van der Waals surface area contributed by atoms with Crippen LogP contribution >= 0.6 is 15.9 Å². The van der Waals surface area contributed by atoms with Crippen molar-refractivity contribution in [1.29, 1.82) is 0 Å². The highest BCUT2D eigenvalue weighted by molar-refractivity contribution is 9.10. The smallest absolute Gasteiger partial charge is 0.276 e. The lowest BCUT2D eigenvalue weighted by atomic mass is 10.1. The fourth-order valence-electron chi connectivity index (χ4n) is 2.43. The van der Waals surface area contributed by atoms with E-state index in [0.717, 1.165) is 27.8 Å². The summed E-state index contributed by atoms with van der Waals surface area (Å²) in [6.07, 6.45) is 1.90. The van der Waals surface area contributed by atoms with Crippen LogP contribution in [0.4, 0.5) is 0 Å². The molecule has 130 valence electrons. The predicted molar refractivity (Wildman–Crippen MR) is 98.1 cm³/mol. The van der Waals surface area contributed by atoms with Crippen LogP contribution < -0.4 is 0 Å². The second kappa shape index (κ2) is 7.23. The Morgan fingerprint density at radius 1 is 1.32 bits per heavy atom. The van der Waals surface area contributed by atoms with E-state index in [0.29, 0.717) is 12.3 Å². The Labute approximate surface area is 154 Å². The van der Waals surface area contributed by atoms with Gasteiger partial charge in [0.2, 0.25) is 0 Å². The van der Waals surface area contributed by atoms with E-state index in [1.807, 2.05) is 49.0 Å². The molecule has 6 nitrogen and oxygen atoms in total. The van der Waals surface area contributed by atoms with E-state index in [1.165, 1.54) is 0 Å². The van der Waals surface area contributed by atoms with Crippen LogP contribution in [0.5, 0.6) is 0 Å². The molecular weight excluding hydrogens is 384 g/mol. The molecule has 0 unspecified atom stereocenters. The van der Waals surface area contributed by atoms with Crippen LogP contribution in [0.1, 0.15) is 28.7 Å². The number of aryl methyl sites for hydroxylation is 2. The topological polar surface area (TPSA) is 64.2 Å². The van der Waals surface area contributed by atoms with Crippen molar-refractivity contribution >= 4 is 21.8 Å². The van der Waals surface area contributed by atoms with Crippen molar-refractivity contribution in [3.63, 3.8) is 0 Å². The predicted octanol–water partition coefficient (Wildman–Crippen LogP) is 3.90. The number of rotatable bonds is 5. The third kappa shape index (κ3) is 3.82. The van der Waals surface area contributed by atoms with Crippen LogP contribution in [0.15, 0.2) is 45.5 Å². The molecule has 2 aromatic heterocycles. The highest BCUT2D eigenvalue weighted by atomic mass is 79.9. The molecular formula is C18H19BrN4O2. The number of carbonyl (C=O) groups excluding carboxylic acids is 1. The summed E-state index contributed by atoms with van der Waals surface area (Å²) in [5.74, 6) is 0.369. The van der Waals surface area contributed by atoms with Gasteiger partial charge in [-0.25, -0.2) is 0 Å². The van der Waals surface area contributed by atoms with E-state index >= 15 is 0 Å². The van der Waals surface area contributed by atoms with Crippen molar-refractivity contribution in [1.82, 2.24) is 19.8 Å². The number of benzene rings is 1. The van der Waals surface area contributed by atoms with Crippen LogP contribution in [0.3, 0.4) is 0 Å². The number of carbonyl (C=O) groups is 1. The number of amides is 1. The van der Waals surface area contributed by atoms with Crippen molar-refractivity contribution < 1.29 is 9.32 Å². The Morgan fingerprint density at radius 3 is 2.68 bits per heavy atom. The van der Waals surface area contributed by atoms with Crippen LogP contribution in [0, 0.1) is 6.92 Å². The van der Waals surface area contributed by atoms with Crippen molar-refractivity contribution in [2.75, 3.05) is 7.05 Å². The number of aromatic nitrogens is 3. The van der Waals surface area contributed by atoms with Crippen molar-refractivity contribution in [3.05, 3.63) is 58.0 Å². The Balaban J connectivity index is 1.74. The monoisotopic (exact) mass is 402 g/mol. The van der Waals surface area contributed by atoms with Gasteiger partial charge in [-0.15, -0.1) is 0 Å². The minimum atomic E-state index is -0.208. The standard InChI is InChI=1S/C18H19BrN4O2/c1-4-23-10-14(19)16(20-23)11-22(3)18(24)15-9-17(25-21-15)13-7-5-12(2)6-8-13/h5-10H,4,11H2,1-3H3. The fourth-order valence-corrected chi connectivity index (χ4v) is 2.87. The molecule has 0 atom stereocenters. The number of hydrogen-bond donors (Lipinski definition) is 0. The summed E-state index contributed by atoms with van der Waals surface area (Å²) in [5, 5.41) is 8.36. The van der Waals surface area contributed by atoms with Gasteiger partial charge in [0.1, 0.15) is 0 Å². The minimum Gasteiger partial charge on any atom is -0.355 e. The lowest BCUT2D eigenvalue weighted by molar-refractivity contribution is 0.0772. The first-order valence-electron chi connectivity index (χ1n) is 7.99. The second-order valence-electron chi connectivity index (χ2n) is 5.88. The van der Waals surface area contributed by atoms with Crippen LogP contribution in [-0.4, -0.2) is 32.8 Å². The van der Waals surface area contributed by atoms with Gasteiger partial charge in [0.25, 0.3) is 5.91 Å². The minimum absolute atomic E-state index is 0.208. The first-order chi connectivity index (χ1) is 12.0. The summed E-state index contributed by atoms with van der Waals surface area (Å²) >= 11 is 3.48. The van der Waals surface area contributed by atoms with E-state index in [-0.39, 0.29) is 11.6 Å². The molecule has 3 rings (SSSR count). The molecule has 25 heavy (non-hydrogen) atoms. The lowest BCUT2D eigenvalue weighted by Gasteiger charge is -2.14. The first kappa shape index (κ1) is 17.4. The maximum atomic E-state index is 12.6. The average molecular weight is 403 g/mol. The SMILES string of the molecule is CCn1cc(Br)c(CN(C)C(=O)c2cc(-c3ccc(C)cc3)on2)n1. The zero-order valence-electron chi connectivity index (χ0n) is 14.4. The highest BCUT2D eigenvalue weighted by Crippen LogP contribution is 2.22. The van der Waals surface area contributed by atoms with Gasteiger partial charge in [0.15, 0.2) is 11.5 Å². The van der Waals surface area contributed by atoms with Crippen LogP contribution in [0.2, 0.25) is 0 Å². The zero-order chi connectivity index (χ0) is 18.0. The van der Waals surface area contributed by atoms with E-state index in [1.54, 1.807) is 18.0 Å². The van der Waals surface area contributed by atoms with Crippen molar-refractivity contribution in [3.8, 4) is 11.3 Å². The molecule has 1 amide bonds. The summed E-state index contributed by atoms with van der Waals surface area (Å²) in [7, 11) is 1.72. The summed E-state index contributed by atoms with van der Waals surface area (Å²) in [6.45, 7) is 5.20. The van der Waals surface area contributed by atoms with Gasteiger partial charge < -0.3 is 9.42 Å². The quantitative estimate of drug-likeness (QED) is 0.648. The van der Waals surface area contributed by atoms with Crippen molar-refractivity contribution in [2.45, 2.75) is 26.9 Å². The fraction of sp³-hybridized carbons (Fsp3) is 0.278. The summed E-state index contributed by atoms with van der Waals surface area (Å²) in [6, 6.07) is 9.55. The molecule has 0 spiro atoms. The van der Waals surface area contributed by atoms with E-state index in [9.17, 15) is 4.79 Å². The molecule has 7 heteroatoms. The summed E-state index contributed by atoms with van der Waals surface area (Å²) < 4.78 is 8.04. The Kier molecular flexibility index (Phi) is 5.03. The van der Waals surface area contributed by atoms with Gasteiger partial charge in [-0.05, 0) is 29.8 Å². The molecule has 3 aromatic rings. The lowest BCUT2D eigenvalue weighted by Crippen LogP contribution is -2.26.